The van der Waals surface area contributed by atoms with Gasteiger partial charge < -0.3 is 14.5 Å². The molecule has 10 heteroatoms. The molecular weight excluding hydrogens is 422 g/mol. The number of anilines is 1. The minimum atomic E-state index is -0.951. The second-order valence-electron chi connectivity index (χ2n) is 6.71. The van der Waals surface area contributed by atoms with Gasteiger partial charge in [-0.05, 0) is 35.9 Å². The number of carbonyl (C=O) groups excluding carboxylic acids is 1. The van der Waals surface area contributed by atoms with Crippen LogP contribution in [0.5, 0.6) is 5.88 Å². The molecule has 162 valence electrons. The normalized spacial score (nSPS) is 10.8. The standard InChI is InChI=1S/C22H16F2N4O4/c1-28-22(30)32-20(27-28)13-10-15(21(31-2)25-11-13)12-6-8-14(9-7-12)26-19(29)18-16(23)4-3-5-17(18)24/h3-11H,1-2H3,(H,26,29). The molecule has 0 atom stereocenters. The van der Waals surface area contributed by atoms with E-state index in [1.807, 2.05) is 0 Å². The van der Waals surface area contributed by atoms with Crippen molar-refractivity contribution >= 4 is 11.6 Å². The molecule has 0 aliphatic heterocycles. The first-order valence-electron chi connectivity index (χ1n) is 9.31. The Morgan fingerprint density at radius 3 is 2.38 bits per heavy atom. The van der Waals surface area contributed by atoms with Crippen molar-refractivity contribution in [2.75, 3.05) is 12.4 Å². The second kappa shape index (κ2) is 8.42. The van der Waals surface area contributed by atoms with E-state index in [9.17, 15) is 18.4 Å². The Morgan fingerprint density at radius 2 is 1.78 bits per heavy atom. The number of halogens is 2. The number of nitrogens with zero attached hydrogens (tertiary/aromatic N) is 3. The van der Waals surface area contributed by atoms with Crippen LogP contribution in [-0.4, -0.2) is 27.8 Å². The van der Waals surface area contributed by atoms with E-state index in [1.165, 1.54) is 26.4 Å². The zero-order chi connectivity index (χ0) is 22.8. The van der Waals surface area contributed by atoms with Gasteiger partial charge in [0.2, 0.25) is 5.88 Å². The quantitative estimate of drug-likeness (QED) is 0.511. The lowest BCUT2D eigenvalue weighted by Crippen LogP contribution is -2.15. The number of pyridine rings is 1. The van der Waals surface area contributed by atoms with E-state index in [0.717, 1.165) is 16.8 Å². The summed E-state index contributed by atoms with van der Waals surface area (Å²) in [5.74, 6) is -2.99. The van der Waals surface area contributed by atoms with E-state index in [-0.39, 0.29) is 5.89 Å². The van der Waals surface area contributed by atoms with Crippen LogP contribution in [0.3, 0.4) is 0 Å². The van der Waals surface area contributed by atoms with Crippen molar-refractivity contribution in [2.45, 2.75) is 0 Å². The Labute approximate surface area is 180 Å². The van der Waals surface area contributed by atoms with Gasteiger partial charge >= 0.3 is 5.76 Å². The molecule has 0 fully saturated rings. The molecule has 0 saturated heterocycles. The van der Waals surface area contributed by atoms with Gasteiger partial charge in [0.15, 0.2) is 0 Å². The number of methoxy groups -OCH3 is 1. The minimum absolute atomic E-state index is 0.102. The summed E-state index contributed by atoms with van der Waals surface area (Å²) in [5.41, 5.74) is 1.39. The Balaban J connectivity index is 1.63. The summed E-state index contributed by atoms with van der Waals surface area (Å²) in [6.45, 7) is 0. The van der Waals surface area contributed by atoms with Gasteiger partial charge in [-0.25, -0.2) is 18.6 Å². The van der Waals surface area contributed by atoms with Crippen LogP contribution in [0.1, 0.15) is 10.4 Å². The van der Waals surface area contributed by atoms with E-state index in [1.54, 1.807) is 30.3 Å². The Kier molecular flexibility index (Phi) is 5.50. The van der Waals surface area contributed by atoms with Crippen LogP contribution in [0.2, 0.25) is 0 Å². The third-order valence-corrected chi connectivity index (χ3v) is 4.62. The summed E-state index contributed by atoms with van der Waals surface area (Å²) in [5, 5.41) is 6.47. The van der Waals surface area contributed by atoms with E-state index < -0.39 is 28.9 Å². The minimum Gasteiger partial charge on any atom is -0.481 e. The highest BCUT2D eigenvalue weighted by molar-refractivity contribution is 6.04. The number of rotatable bonds is 5. The third kappa shape index (κ3) is 3.97. The average Bonchev–Trinajstić information content (AvgIpc) is 3.12. The van der Waals surface area contributed by atoms with Crippen molar-refractivity contribution in [3.8, 4) is 28.5 Å². The summed E-state index contributed by atoms with van der Waals surface area (Å²) in [6.07, 6.45) is 1.46. The summed E-state index contributed by atoms with van der Waals surface area (Å²) in [6, 6.07) is 11.4. The maximum Gasteiger partial charge on any atom is 0.437 e. The van der Waals surface area contributed by atoms with E-state index in [2.05, 4.69) is 15.4 Å². The molecule has 0 radical (unpaired) electrons. The van der Waals surface area contributed by atoms with Crippen LogP contribution in [0, 0.1) is 11.6 Å². The highest BCUT2D eigenvalue weighted by Crippen LogP contribution is 2.32. The number of aromatic nitrogens is 3. The lowest BCUT2D eigenvalue weighted by atomic mass is 10.0. The Morgan fingerprint density at radius 1 is 1.09 bits per heavy atom. The van der Waals surface area contributed by atoms with Crippen molar-refractivity contribution in [2.24, 2.45) is 7.05 Å². The van der Waals surface area contributed by atoms with Crippen molar-refractivity contribution in [1.82, 2.24) is 14.8 Å². The van der Waals surface area contributed by atoms with E-state index >= 15 is 0 Å². The van der Waals surface area contributed by atoms with Gasteiger partial charge in [-0.3, -0.25) is 4.79 Å². The van der Waals surface area contributed by atoms with Gasteiger partial charge in [0.25, 0.3) is 11.8 Å². The molecule has 1 N–H and O–H groups in total. The number of hydrogen-bond acceptors (Lipinski definition) is 6. The molecule has 8 nitrogen and oxygen atoms in total. The molecule has 2 heterocycles. The predicted octanol–water partition coefficient (Wildman–Crippen LogP) is 3.64. The molecule has 4 rings (SSSR count). The fourth-order valence-electron chi connectivity index (χ4n) is 3.04. The Bertz CT molecular complexity index is 1340. The average molecular weight is 438 g/mol. The molecule has 1 amide bonds. The maximum atomic E-state index is 13.8. The highest BCUT2D eigenvalue weighted by Gasteiger charge is 2.18. The van der Waals surface area contributed by atoms with Gasteiger partial charge in [0, 0.05) is 24.5 Å². The molecule has 0 aliphatic rings. The van der Waals surface area contributed by atoms with Crippen molar-refractivity contribution in [3.63, 3.8) is 0 Å². The second-order valence-corrected chi connectivity index (χ2v) is 6.71. The smallest absolute Gasteiger partial charge is 0.437 e. The molecule has 0 aliphatic carbocycles. The summed E-state index contributed by atoms with van der Waals surface area (Å²) in [4.78, 5) is 28.1. The number of carbonyl (C=O) groups is 1. The number of hydrogen-bond donors (Lipinski definition) is 1. The first-order valence-corrected chi connectivity index (χ1v) is 9.31. The van der Waals surface area contributed by atoms with Crippen LogP contribution in [0.15, 0.2) is 63.9 Å². The summed E-state index contributed by atoms with van der Waals surface area (Å²) < 4.78 is 39.1. The number of ether oxygens (including phenoxy) is 1. The number of nitrogens with one attached hydrogen (secondary N) is 1. The number of benzene rings is 2. The maximum absolute atomic E-state index is 13.8. The van der Waals surface area contributed by atoms with Gasteiger partial charge in [0.1, 0.15) is 17.2 Å². The van der Waals surface area contributed by atoms with Crippen LogP contribution >= 0.6 is 0 Å². The Hall–Kier alpha value is -4.34. The molecule has 0 bridgehead atoms. The zero-order valence-corrected chi connectivity index (χ0v) is 16.9. The molecule has 0 spiro atoms. The van der Waals surface area contributed by atoms with Crippen LogP contribution in [0.4, 0.5) is 14.5 Å². The van der Waals surface area contributed by atoms with Gasteiger partial charge in [-0.1, -0.05) is 18.2 Å². The fraction of sp³-hybridized carbons (Fsp3) is 0.0909. The topological polar surface area (TPSA) is 99.2 Å². The van der Waals surface area contributed by atoms with Crippen LogP contribution in [-0.2, 0) is 7.05 Å². The first-order chi connectivity index (χ1) is 15.4. The van der Waals surface area contributed by atoms with Crippen molar-refractivity contribution < 1.29 is 22.7 Å². The largest absolute Gasteiger partial charge is 0.481 e. The van der Waals surface area contributed by atoms with E-state index in [0.29, 0.717) is 28.3 Å². The van der Waals surface area contributed by atoms with Crippen LogP contribution < -0.4 is 15.8 Å². The lowest BCUT2D eigenvalue weighted by Gasteiger charge is -2.11. The zero-order valence-electron chi connectivity index (χ0n) is 16.9. The molecule has 2 aromatic heterocycles. The van der Waals surface area contributed by atoms with Crippen molar-refractivity contribution in [1.29, 1.82) is 0 Å². The number of aryl methyl sites for hydroxylation is 1. The number of amides is 1. The fourth-order valence-corrected chi connectivity index (χ4v) is 3.04. The monoisotopic (exact) mass is 438 g/mol. The molecule has 0 saturated carbocycles. The van der Waals surface area contributed by atoms with E-state index in [4.69, 9.17) is 9.15 Å². The third-order valence-electron chi connectivity index (χ3n) is 4.62. The predicted molar refractivity (Wildman–Crippen MR) is 111 cm³/mol. The lowest BCUT2D eigenvalue weighted by molar-refractivity contribution is 0.101. The van der Waals surface area contributed by atoms with Gasteiger partial charge in [-0.2, -0.15) is 4.68 Å². The first kappa shape index (κ1) is 20.9. The highest BCUT2D eigenvalue weighted by atomic mass is 19.1. The molecule has 32 heavy (non-hydrogen) atoms. The summed E-state index contributed by atoms with van der Waals surface area (Å²) >= 11 is 0. The SMILES string of the molecule is COc1ncc(-c2nn(C)c(=O)o2)cc1-c1ccc(NC(=O)c2c(F)cccc2F)cc1. The molecule has 4 aromatic rings. The van der Waals surface area contributed by atoms with Crippen LogP contribution in [0.25, 0.3) is 22.6 Å². The van der Waals surface area contributed by atoms with Crippen molar-refractivity contribution in [3.05, 3.63) is 82.5 Å². The molecule has 2 aromatic carbocycles. The van der Waals surface area contributed by atoms with Gasteiger partial charge in [0.05, 0.1) is 12.7 Å². The summed E-state index contributed by atoms with van der Waals surface area (Å²) in [7, 11) is 2.93. The molecule has 0 unspecified atom stereocenters. The molecular formula is C22H16F2N4O4. The van der Waals surface area contributed by atoms with Gasteiger partial charge in [-0.15, -0.1) is 5.10 Å².